The Hall–Kier alpha value is -0.430. The molecule has 0 aromatic carbocycles. The third-order valence-corrected chi connectivity index (χ3v) is 1.53. The topological polar surface area (TPSA) is 9.23 Å². The predicted molar refractivity (Wildman–Crippen MR) is 38.3 cm³/mol. The maximum Gasteiger partial charge on any atom is 0.136 e. The number of ether oxygens (including phenoxy) is 1. The first kappa shape index (κ1) is 6.69. The van der Waals surface area contributed by atoms with E-state index < -0.39 is 0 Å². The number of hydrogen-bond acceptors (Lipinski definition) is 1. The summed E-state index contributed by atoms with van der Waals surface area (Å²) in [6, 6.07) is 0. The van der Waals surface area contributed by atoms with E-state index in [-0.39, 0.29) is 0 Å². The fourth-order valence-corrected chi connectivity index (χ4v) is 1.07. The van der Waals surface area contributed by atoms with Crippen molar-refractivity contribution in [3.05, 3.63) is 22.9 Å². The third kappa shape index (κ3) is 1.28. The number of allylic oxidation sites excluding steroid dienone is 1. The second-order valence-corrected chi connectivity index (χ2v) is 2.57. The van der Waals surface area contributed by atoms with Crippen LogP contribution >= 0.6 is 11.6 Å². The van der Waals surface area contributed by atoms with Crippen molar-refractivity contribution >= 4 is 11.6 Å². The highest BCUT2D eigenvalue weighted by atomic mass is 35.5. The molecule has 0 saturated heterocycles. The summed E-state index contributed by atoms with van der Waals surface area (Å²) >= 11 is 5.60. The summed E-state index contributed by atoms with van der Waals surface area (Å²) in [7, 11) is 0. The molecule has 0 fully saturated rings. The van der Waals surface area contributed by atoms with Crippen LogP contribution < -0.4 is 0 Å². The molecule has 1 nitrogen and oxygen atoms in total. The third-order valence-electron chi connectivity index (χ3n) is 1.36. The summed E-state index contributed by atoms with van der Waals surface area (Å²) in [6.45, 7) is 6.34. The fourth-order valence-electron chi connectivity index (χ4n) is 0.853. The van der Waals surface area contributed by atoms with E-state index in [2.05, 4.69) is 6.58 Å². The van der Waals surface area contributed by atoms with Gasteiger partial charge in [0, 0.05) is 6.42 Å². The quantitative estimate of drug-likeness (QED) is 0.549. The minimum absolute atomic E-state index is 0.519. The molecule has 9 heavy (non-hydrogen) atoms. The van der Waals surface area contributed by atoms with Gasteiger partial charge in [0.05, 0.1) is 11.6 Å². The Morgan fingerprint density at radius 2 is 2.44 bits per heavy atom. The van der Waals surface area contributed by atoms with Gasteiger partial charge in [0.25, 0.3) is 0 Å². The second-order valence-electron chi connectivity index (χ2n) is 2.11. The highest BCUT2D eigenvalue weighted by Gasteiger charge is 2.12. The molecule has 1 rings (SSSR count). The molecular weight excluding hydrogens is 136 g/mol. The summed E-state index contributed by atoms with van der Waals surface area (Å²) in [5.74, 6) is 0.789. The smallest absolute Gasteiger partial charge is 0.136 e. The van der Waals surface area contributed by atoms with Crippen molar-refractivity contribution in [3.63, 3.8) is 0 Å². The molecule has 1 aliphatic heterocycles. The van der Waals surface area contributed by atoms with Crippen molar-refractivity contribution < 1.29 is 4.74 Å². The highest BCUT2D eigenvalue weighted by Crippen LogP contribution is 2.25. The lowest BCUT2D eigenvalue weighted by Gasteiger charge is -1.98. The Morgan fingerprint density at radius 1 is 1.78 bits per heavy atom. The fraction of sp³-hybridized carbons (Fsp3) is 0.429. The van der Waals surface area contributed by atoms with E-state index in [1.54, 1.807) is 0 Å². The van der Waals surface area contributed by atoms with Crippen LogP contribution in [0.5, 0.6) is 0 Å². The number of hydrogen-bond donors (Lipinski definition) is 0. The molecule has 1 aliphatic rings. The Kier molecular flexibility index (Phi) is 1.81. The Balaban J connectivity index is 2.78. The average molecular weight is 145 g/mol. The zero-order chi connectivity index (χ0) is 6.85. The first-order chi connectivity index (χ1) is 4.22. The predicted octanol–water partition coefficient (Wildman–Crippen LogP) is 2.43. The van der Waals surface area contributed by atoms with Gasteiger partial charge >= 0.3 is 0 Å². The van der Waals surface area contributed by atoms with Gasteiger partial charge in [-0.3, -0.25) is 0 Å². The molecule has 0 amide bonds. The van der Waals surface area contributed by atoms with Crippen LogP contribution in [0, 0.1) is 0 Å². The maximum atomic E-state index is 5.60. The maximum absolute atomic E-state index is 5.60. The normalized spacial score (nSPS) is 18.0. The average Bonchev–Trinajstić information content (AvgIpc) is 2.13. The van der Waals surface area contributed by atoms with E-state index in [4.69, 9.17) is 16.3 Å². The first-order valence-electron chi connectivity index (χ1n) is 2.89. The number of halogens is 1. The summed E-state index contributed by atoms with van der Waals surface area (Å²) < 4.78 is 5.17. The molecule has 0 radical (unpaired) electrons. The highest BCUT2D eigenvalue weighted by molar-refractivity contribution is 6.31. The minimum atomic E-state index is 0.519. The molecule has 0 atom stereocenters. The van der Waals surface area contributed by atoms with Crippen LogP contribution in [0.2, 0.25) is 0 Å². The molecule has 0 aromatic heterocycles. The molecule has 2 heteroatoms. The van der Waals surface area contributed by atoms with Crippen LogP contribution in [-0.4, -0.2) is 6.61 Å². The second kappa shape index (κ2) is 2.44. The number of rotatable bonds is 1. The Morgan fingerprint density at radius 3 is 2.67 bits per heavy atom. The van der Waals surface area contributed by atoms with Crippen LogP contribution in [0.4, 0.5) is 0 Å². The van der Waals surface area contributed by atoms with Crippen LogP contribution in [0.25, 0.3) is 0 Å². The van der Waals surface area contributed by atoms with Gasteiger partial charge in [-0.1, -0.05) is 18.2 Å². The molecule has 50 valence electrons. The van der Waals surface area contributed by atoms with Crippen LogP contribution in [-0.2, 0) is 4.74 Å². The van der Waals surface area contributed by atoms with Crippen molar-refractivity contribution in [2.24, 2.45) is 0 Å². The monoisotopic (exact) mass is 144 g/mol. The van der Waals surface area contributed by atoms with Crippen molar-refractivity contribution in [3.8, 4) is 0 Å². The molecule has 0 bridgehead atoms. The summed E-state index contributed by atoms with van der Waals surface area (Å²) in [4.78, 5) is 0. The van der Waals surface area contributed by atoms with Gasteiger partial charge < -0.3 is 4.74 Å². The molecule has 1 heterocycles. The van der Waals surface area contributed by atoms with E-state index in [0.29, 0.717) is 5.03 Å². The molecule has 0 saturated carbocycles. The standard InChI is InChI=1S/C7H9ClO/c1-5-3-4-9-7(5)6(2)8/h2-4H2,1H3. The van der Waals surface area contributed by atoms with E-state index in [1.807, 2.05) is 6.92 Å². The molecular formula is C7H9ClO. The van der Waals surface area contributed by atoms with Gasteiger partial charge in [-0.25, -0.2) is 0 Å². The van der Waals surface area contributed by atoms with E-state index in [0.717, 1.165) is 18.8 Å². The summed E-state index contributed by atoms with van der Waals surface area (Å²) in [5, 5.41) is 0.519. The van der Waals surface area contributed by atoms with Crippen LogP contribution in [0.1, 0.15) is 13.3 Å². The van der Waals surface area contributed by atoms with Crippen LogP contribution in [0.3, 0.4) is 0 Å². The van der Waals surface area contributed by atoms with Crippen molar-refractivity contribution in [1.29, 1.82) is 0 Å². The molecule has 0 spiro atoms. The minimum Gasteiger partial charge on any atom is -0.492 e. The largest absolute Gasteiger partial charge is 0.492 e. The Bertz CT molecular complexity index is 170. The van der Waals surface area contributed by atoms with Gasteiger partial charge in [-0.05, 0) is 12.5 Å². The van der Waals surface area contributed by atoms with Gasteiger partial charge in [0.15, 0.2) is 0 Å². The van der Waals surface area contributed by atoms with Gasteiger partial charge in [-0.2, -0.15) is 0 Å². The molecule has 0 aliphatic carbocycles. The van der Waals surface area contributed by atoms with Gasteiger partial charge in [0.2, 0.25) is 0 Å². The summed E-state index contributed by atoms with van der Waals surface area (Å²) in [5.41, 5.74) is 1.20. The zero-order valence-electron chi connectivity index (χ0n) is 5.41. The molecule has 0 N–H and O–H groups in total. The van der Waals surface area contributed by atoms with Crippen molar-refractivity contribution in [2.45, 2.75) is 13.3 Å². The van der Waals surface area contributed by atoms with E-state index in [1.165, 1.54) is 5.57 Å². The van der Waals surface area contributed by atoms with Crippen molar-refractivity contribution in [1.82, 2.24) is 0 Å². The molecule has 0 aromatic rings. The Labute approximate surface area is 60.0 Å². The lowest BCUT2D eigenvalue weighted by molar-refractivity contribution is 0.255. The first-order valence-corrected chi connectivity index (χ1v) is 3.27. The van der Waals surface area contributed by atoms with Gasteiger partial charge in [0.1, 0.15) is 5.76 Å². The van der Waals surface area contributed by atoms with Crippen LogP contribution in [0.15, 0.2) is 22.9 Å². The van der Waals surface area contributed by atoms with E-state index in [9.17, 15) is 0 Å². The lowest BCUT2D eigenvalue weighted by atomic mass is 10.2. The van der Waals surface area contributed by atoms with Crippen molar-refractivity contribution in [2.75, 3.05) is 6.61 Å². The zero-order valence-corrected chi connectivity index (χ0v) is 6.16. The SMILES string of the molecule is C=C(Cl)C1=C(C)CCO1. The van der Waals surface area contributed by atoms with Gasteiger partial charge in [-0.15, -0.1) is 0 Å². The molecule has 0 unspecified atom stereocenters. The summed E-state index contributed by atoms with van der Waals surface area (Å²) in [6.07, 6.45) is 0.987. The lowest BCUT2D eigenvalue weighted by Crippen LogP contribution is -1.82. The van der Waals surface area contributed by atoms with E-state index >= 15 is 0 Å².